The number of amides is 2. The summed E-state index contributed by atoms with van der Waals surface area (Å²) in [7, 11) is 6.58. The number of benzene rings is 3. The smallest absolute Gasteiger partial charge is 0.254 e. The maximum Gasteiger partial charge on any atom is 0.254 e. The minimum atomic E-state index is -1.40. The fourth-order valence-corrected chi connectivity index (χ4v) is 5.71. The van der Waals surface area contributed by atoms with Gasteiger partial charge in [0.1, 0.15) is 0 Å². The van der Waals surface area contributed by atoms with Crippen molar-refractivity contribution in [2.24, 2.45) is 0 Å². The van der Waals surface area contributed by atoms with Crippen LogP contribution in [0.1, 0.15) is 22.3 Å². The molecule has 3 aromatic carbocycles. The van der Waals surface area contributed by atoms with Gasteiger partial charge in [-0.3, -0.25) is 14.5 Å². The highest BCUT2D eigenvalue weighted by Crippen LogP contribution is 2.53. The van der Waals surface area contributed by atoms with Crippen LogP contribution in [0.2, 0.25) is 5.02 Å². The Kier molecular flexibility index (Phi) is 6.14. The Morgan fingerprint density at radius 1 is 1.03 bits per heavy atom. The normalized spacial score (nSPS) is 20.8. The number of para-hydroxylation sites is 1. The number of likely N-dealkylation sites (N-methyl/N-ethyl adjacent to an activating group) is 1. The third-order valence-corrected chi connectivity index (χ3v) is 7.38. The Morgan fingerprint density at radius 3 is 2.47 bits per heavy atom. The number of hydrogen-bond donors (Lipinski definition) is 1. The van der Waals surface area contributed by atoms with Gasteiger partial charge in [0.05, 0.1) is 20.3 Å². The van der Waals surface area contributed by atoms with Gasteiger partial charge in [0.15, 0.2) is 17.0 Å². The molecular weight excluding hydrogens is 478 g/mol. The summed E-state index contributed by atoms with van der Waals surface area (Å²) in [5.41, 5.74) is 2.64. The van der Waals surface area contributed by atoms with Crippen LogP contribution >= 0.6 is 11.6 Å². The van der Waals surface area contributed by atoms with Gasteiger partial charge in [-0.1, -0.05) is 48.0 Å². The molecule has 36 heavy (non-hydrogen) atoms. The molecular formula is C28H28ClN3O4. The van der Waals surface area contributed by atoms with Gasteiger partial charge in [-0.05, 0) is 41.8 Å². The number of carbonyl (C=O) groups is 2. The molecule has 1 unspecified atom stereocenters. The standard InChI is InChI=1S/C28H28ClN3O4/c1-31(2)26(33)23-14-17-8-5-6-9-18(17)16-32(23)28(20-10-7-11-24(35-3)25(20)36-4)21-15-19(29)12-13-22(21)30-27(28)34/h5-13,15,23H,14,16H2,1-4H3,(H,30,34)/t23-,28?/m0/s1. The van der Waals surface area contributed by atoms with Crippen LogP contribution in [0, 0.1) is 0 Å². The summed E-state index contributed by atoms with van der Waals surface area (Å²) in [5.74, 6) is 0.555. The molecule has 5 rings (SSSR count). The Morgan fingerprint density at radius 2 is 1.78 bits per heavy atom. The summed E-state index contributed by atoms with van der Waals surface area (Å²) in [6, 6.07) is 18.2. The molecule has 0 aromatic heterocycles. The highest BCUT2D eigenvalue weighted by molar-refractivity contribution is 6.31. The maximum atomic E-state index is 14.3. The lowest BCUT2D eigenvalue weighted by molar-refractivity contribution is -0.141. The molecule has 0 saturated heterocycles. The van der Waals surface area contributed by atoms with E-state index in [0.717, 1.165) is 11.1 Å². The lowest BCUT2D eigenvalue weighted by atomic mass is 9.77. The fraction of sp³-hybridized carbons (Fsp3) is 0.286. The number of anilines is 1. The van der Waals surface area contributed by atoms with E-state index in [0.29, 0.717) is 46.3 Å². The van der Waals surface area contributed by atoms with E-state index < -0.39 is 11.6 Å². The molecule has 2 aliphatic rings. The van der Waals surface area contributed by atoms with Crippen molar-refractivity contribution in [1.82, 2.24) is 9.80 Å². The van der Waals surface area contributed by atoms with Gasteiger partial charge in [-0.15, -0.1) is 0 Å². The molecule has 0 saturated carbocycles. The van der Waals surface area contributed by atoms with Crippen LogP contribution < -0.4 is 14.8 Å². The zero-order valence-corrected chi connectivity index (χ0v) is 21.4. The number of rotatable bonds is 5. The van der Waals surface area contributed by atoms with Crippen molar-refractivity contribution in [2.45, 2.75) is 24.5 Å². The first kappa shape index (κ1) is 24.2. The average molecular weight is 506 g/mol. The SMILES string of the molecule is COc1cccc(C2(N3Cc4ccccc4C[C@H]3C(=O)N(C)C)C(=O)Nc3ccc(Cl)cc32)c1OC. The van der Waals surface area contributed by atoms with Gasteiger partial charge < -0.3 is 19.7 Å². The zero-order valence-electron chi connectivity index (χ0n) is 20.7. The van der Waals surface area contributed by atoms with E-state index in [-0.39, 0.29) is 11.8 Å². The molecule has 2 atom stereocenters. The molecule has 0 radical (unpaired) electrons. The molecule has 0 bridgehead atoms. The Hall–Kier alpha value is -3.55. The number of hydrogen-bond acceptors (Lipinski definition) is 5. The summed E-state index contributed by atoms with van der Waals surface area (Å²) in [4.78, 5) is 31.5. The maximum absolute atomic E-state index is 14.3. The van der Waals surface area contributed by atoms with Crippen LogP contribution in [-0.2, 0) is 28.1 Å². The van der Waals surface area contributed by atoms with E-state index in [1.165, 1.54) is 0 Å². The van der Waals surface area contributed by atoms with Crippen molar-refractivity contribution < 1.29 is 19.1 Å². The molecule has 0 spiro atoms. The second-order valence-corrected chi connectivity index (χ2v) is 9.68. The van der Waals surface area contributed by atoms with Gasteiger partial charge >= 0.3 is 0 Å². The van der Waals surface area contributed by atoms with Gasteiger partial charge in [0.2, 0.25) is 5.91 Å². The highest BCUT2D eigenvalue weighted by Gasteiger charge is 2.58. The number of nitrogens with one attached hydrogen (secondary N) is 1. The zero-order chi connectivity index (χ0) is 25.6. The summed E-state index contributed by atoms with van der Waals surface area (Å²) < 4.78 is 11.4. The average Bonchev–Trinajstić information content (AvgIpc) is 3.18. The summed E-state index contributed by atoms with van der Waals surface area (Å²) in [6.07, 6.45) is 0.463. The number of ether oxygens (including phenoxy) is 2. The van der Waals surface area contributed by atoms with E-state index in [9.17, 15) is 9.59 Å². The Bertz CT molecular complexity index is 1360. The van der Waals surface area contributed by atoms with E-state index in [1.807, 2.05) is 41.3 Å². The largest absolute Gasteiger partial charge is 0.493 e. The van der Waals surface area contributed by atoms with Gasteiger partial charge in [-0.25, -0.2) is 0 Å². The molecule has 1 N–H and O–H groups in total. The quantitative estimate of drug-likeness (QED) is 0.566. The van der Waals surface area contributed by atoms with E-state index in [2.05, 4.69) is 5.32 Å². The van der Waals surface area contributed by atoms with Crippen LogP contribution in [0.25, 0.3) is 0 Å². The van der Waals surface area contributed by atoms with E-state index in [4.69, 9.17) is 21.1 Å². The number of methoxy groups -OCH3 is 2. The lowest BCUT2D eigenvalue weighted by Gasteiger charge is -2.47. The fourth-order valence-electron chi connectivity index (χ4n) is 5.53. The second-order valence-electron chi connectivity index (χ2n) is 9.24. The Balaban J connectivity index is 1.86. The van der Waals surface area contributed by atoms with Gasteiger partial charge in [0.25, 0.3) is 5.91 Å². The monoisotopic (exact) mass is 505 g/mol. The predicted molar refractivity (Wildman–Crippen MR) is 139 cm³/mol. The predicted octanol–water partition coefficient (Wildman–Crippen LogP) is 4.07. The van der Waals surface area contributed by atoms with Gasteiger partial charge in [0, 0.05) is 42.5 Å². The van der Waals surface area contributed by atoms with Crippen LogP contribution in [0.4, 0.5) is 5.69 Å². The van der Waals surface area contributed by atoms with Crippen molar-refractivity contribution >= 4 is 29.1 Å². The first-order chi connectivity index (χ1) is 17.3. The highest BCUT2D eigenvalue weighted by atomic mass is 35.5. The van der Waals surface area contributed by atoms with Gasteiger partial charge in [-0.2, -0.15) is 0 Å². The first-order valence-corrected chi connectivity index (χ1v) is 12.1. The second kappa shape index (κ2) is 9.15. The number of halogens is 1. The molecule has 3 aromatic rings. The molecule has 7 nitrogen and oxygen atoms in total. The third-order valence-electron chi connectivity index (χ3n) is 7.15. The molecule has 2 aliphatic heterocycles. The topological polar surface area (TPSA) is 71.1 Å². The number of nitrogens with zero attached hydrogens (tertiary/aromatic N) is 2. The van der Waals surface area contributed by atoms with Crippen LogP contribution in [0.3, 0.4) is 0 Å². The molecule has 2 heterocycles. The summed E-state index contributed by atoms with van der Waals surface area (Å²) >= 11 is 6.50. The van der Waals surface area contributed by atoms with E-state index in [1.54, 1.807) is 57.5 Å². The molecule has 2 amide bonds. The minimum absolute atomic E-state index is 0.0889. The first-order valence-electron chi connectivity index (χ1n) is 11.7. The van der Waals surface area contributed by atoms with Crippen molar-refractivity contribution in [3.8, 4) is 11.5 Å². The van der Waals surface area contributed by atoms with Crippen LogP contribution in [0.5, 0.6) is 11.5 Å². The molecule has 0 fully saturated rings. The van der Waals surface area contributed by atoms with Crippen LogP contribution in [0.15, 0.2) is 60.7 Å². The van der Waals surface area contributed by atoms with Crippen molar-refractivity contribution in [2.75, 3.05) is 33.6 Å². The summed E-state index contributed by atoms with van der Waals surface area (Å²) in [5, 5.41) is 3.54. The van der Waals surface area contributed by atoms with Crippen LogP contribution in [-0.4, -0.2) is 56.0 Å². The van der Waals surface area contributed by atoms with E-state index >= 15 is 0 Å². The van der Waals surface area contributed by atoms with Crippen molar-refractivity contribution in [3.05, 3.63) is 87.9 Å². The third kappa shape index (κ3) is 3.53. The van der Waals surface area contributed by atoms with Crippen molar-refractivity contribution in [3.63, 3.8) is 0 Å². The number of fused-ring (bicyclic) bond motifs is 2. The van der Waals surface area contributed by atoms with Crippen molar-refractivity contribution in [1.29, 1.82) is 0 Å². The number of carbonyl (C=O) groups excluding carboxylic acids is 2. The molecule has 8 heteroatoms. The minimum Gasteiger partial charge on any atom is -0.493 e. The Labute approximate surface area is 215 Å². The molecule has 0 aliphatic carbocycles. The summed E-state index contributed by atoms with van der Waals surface area (Å²) in [6.45, 7) is 0.375. The molecule has 186 valence electrons. The lowest BCUT2D eigenvalue weighted by Crippen LogP contribution is -2.61.